The summed E-state index contributed by atoms with van der Waals surface area (Å²) < 4.78 is 40.3. The van der Waals surface area contributed by atoms with E-state index in [1.54, 1.807) is 36.4 Å². The Labute approximate surface area is 244 Å². The van der Waals surface area contributed by atoms with E-state index in [0.29, 0.717) is 5.75 Å². The lowest BCUT2D eigenvalue weighted by molar-refractivity contribution is 0.0955. The number of thioether (sulfide) groups is 1. The molecule has 1 fully saturated rings. The highest BCUT2D eigenvalue weighted by Crippen LogP contribution is 2.30. The van der Waals surface area contributed by atoms with Crippen LogP contribution in [-0.4, -0.2) is 45.3 Å². The monoisotopic (exact) mass is 587 g/mol. The fourth-order valence-corrected chi connectivity index (χ4v) is 6.21. The zero-order valence-electron chi connectivity index (χ0n) is 22.3. The molecule has 1 aliphatic rings. The van der Waals surface area contributed by atoms with Crippen molar-refractivity contribution in [1.29, 1.82) is 0 Å². The number of anilines is 1. The van der Waals surface area contributed by atoms with Gasteiger partial charge < -0.3 is 9.47 Å². The number of para-hydroxylation sites is 1. The number of sulfonamides is 1. The van der Waals surface area contributed by atoms with Gasteiger partial charge in [0, 0.05) is 11.5 Å². The van der Waals surface area contributed by atoms with Crippen molar-refractivity contribution in [3.05, 3.63) is 120 Å². The number of amides is 1. The van der Waals surface area contributed by atoms with Gasteiger partial charge in [-0.05, 0) is 59.7 Å². The second-order valence-electron chi connectivity index (χ2n) is 9.24. The molecule has 4 aromatic rings. The number of carbonyl (C=O) groups excluding carboxylic acids is 1. The van der Waals surface area contributed by atoms with Crippen molar-refractivity contribution in [3.8, 4) is 11.5 Å². The minimum Gasteiger partial charge on any atom is -0.497 e. The molecule has 0 spiro atoms. The molecule has 210 valence electrons. The van der Waals surface area contributed by atoms with Gasteiger partial charge in [0.15, 0.2) is 0 Å². The van der Waals surface area contributed by atoms with Crippen molar-refractivity contribution in [2.75, 3.05) is 22.9 Å². The molecule has 8 nitrogen and oxygen atoms in total. The first-order valence-corrected chi connectivity index (χ1v) is 15.5. The van der Waals surface area contributed by atoms with Gasteiger partial charge >= 0.3 is 0 Å². The molecule has 10 heteroatoms. The van der Waals surface area contributed by atoms with Gasteiger partial charge in [0.2, 0.25) is 0 Å². The van der Waals surface area contributed by atoms with Crippen LogP contribution in [0, 0.1) is 0 Å². The zero-order valence-corrected chi connectivity index (χ0v) is 24.0. The standard InChI is InChI=1S/C31H29N3O5S2/c1-38-25-14-16-28(17-15-25)41(36,37)34(20-23-8-3-2-4-9-23)30-13-6-5-12-29(30)31(35)33-32-19-24-10-7-11-26(18-24)39-27-21-40-22-27/h2-19,27H,20-22H2,1H3,(H,33,35)/b32-19-. The molecule has 0 aromatic heterocycles. The minimum absolute atomic E-state index is 0.0229. The smallest absolute Gasteiger partial charge is 0.273 e. The molecule has 0 radical (unpaired) electrons. The van der Waals surface area contributed by atoms with Crippen LogP contribution in [0.15, 0.2) is 113 Å². The van der Waals surface area contributed by atoms with Crippen molar-refractivity contribution in [1.82, 2.24) is 5.43 Å². The van der Waals surface area contributed by atoms with Crippen molar-refractivity contribution >= 4 is 39.6 Å². The average Bonchev–Trinajstić information content (AvgIpc) is 2.98. The fourth-order valence-electron chi connectivity index (χ4n) is 4.18. The molecular weight excluding hydrogens is 558 g/mol. The second kappa shape index (κ2) is 12.9. The molecule has 0 unspecified atom stereocenters. The molecule has 0 aliphatic carbocycles. The predicted octanol–water partition coefficient (Wildman–Crippen LogP) is 5.35. The topological polar surface area (TPSA) is 97.3 Å². The molecule has 1 N–H and O–H groups in total. The number of benzene rings is 4. The quantitative estimate of drug-likeness (QED) is 0.188. The third-order valence-electron chi connectivity index (χ3n) is 6.38. The highest BCUT2D eigenvalue weighted by atomic mass is 32.2. The Kier molecular flexibility index (Phi) is 8.91. The lowest BCUT2D eigenvalue weighted by Crippen LogP contribution is -2.33. The van der Waals surface area contributed by atoms with Gasteiger partial charge in [-0.1, -0.05) is 54.6 Å². The van der Waals surface area contributed by atoms with Crippen LogP contribution in [0.1, 0.15) is 21.5 Å². The second-order valence-corrected chi connectivity index (χ2v) is 12.2. The number of hydrazone groups is 1. The predicted molar refractivity (Wildman–Crippen MR) is 162 cm³/mol. The van der Waals surface area contributed by atoms with E-state index in [1.165, 1.54) is 29.8 Å². The number of hydrogen-bond donors (Lipinski definition) is 1. The highest BCUT2D eigenvalue weighted by Gasteiger charge is 2.28. The average molecular weight is 588 g/mol. The van der Waals surface area contributed by atoms with Gasteiger partial charge in [0.1, 0.15) is 17.6 Å². The van der Waals surface area contributed by atoms with Crippen LogP contribution in [0.5, 0.6) is 11.5 Å². The van der Waals surface area contributed by atoms with Crippen LogP contribution in [-0.2, 0) is 16.6 Å². The van der Waals surface area contributed by atoms with Crippen LogP contribution < -0.4 is 19.2 Å². The maximum absolute atomic E-state index is 14.0. The fraction of sp³-hybridized carbons (Fsp3) is 0.161. The van der Waals surface area contributed by atoms with Gasteiger partial charge in [-0.2, -0.15) is 16.9 Å². The summed E-state index contributed by atoms with van der Waals surface area (Å²) in [5, 5.41) is 4.13. The van der Waals surface area contributed by atoms with E-state index in [9.17, 15) is 13.2 Å². The Balaban J connectivity index is 1.41. The van der Waals surface area contributed by atoms with E-state index in [2.05, 4.69) is 10.5 Å². The van der Waals surface area contributed by atoms with Crippen LogP contribution in [0.4, 0.5) is 5.69 Å². The highest BCUT2D eigenvalue weighted by molar-refractivity contribution is 8.00. The number of nitrogens with zero attached hydrogens (tertiary/aromatic N) is 2. The number of rotatable bonds is 11. The third kappa shape index (κ3) is 6.90. The van der Waals surface area contributed by atoms with E-state index in [1.807, 2.05) is 66.4 Å². The Morgan fingerprint density at radius 1 is 0.951 bits per heavy atom. The van der Waals surface area contributed by atoms with Gasteiger partial charge in [-0.15, -0.1) is 0 Å². The summed E-state index contributed by atoms with van der Waals surface area (Å²) in [5.41, 5.74) is 4.46. The molecule has 41 heavy (non-hydrogen) atoms. The van der Waals surface area contributed by atoms with Gasteiger partial charge in [0.25, 0.3) is 15.9 Å². The van der Waals surface area contributed by atoms with Crippen molar-refractivity contribution < 1.29 is 22.7 Å². The van der Waals surface area contributed by atoms with Crippen LogP contribution in [0.2, 0.25) is 0 Å². The summed E-state index contributed by atoms with van der Waals surface area (Å²) in [7, 11) is -2.55. The number of nitrogens with one attached hydrogen (secondary N) is 1. The lowest BCUT2D eigenvalue weighted by atomic mass is 10.1. The summed E-state index contributed by atoms with van der Waals surface area (Å²) in [4.78, 5) is 13.4. The van der Waals surface area contributed by atoms with Crippen LogP contribution in [0.25, 0.3) is 0 Å². The number of methoxy groups -OCH3 is 1. The Morgan fingerprint density at radius 2 is 1.68 bits per heavy atom. The van der Waals surface area contributed by atoms with Crippen LogP contribution in [0.3, 0.4) is 0 Å². The maximum atomic E-state index is 14.0. The molecule has 1 aliphatic heterocycles. The van der Waals surface area contributed by atoms with Crippen molar-refractivity contribution in [2.45, 2.75) is 17.5 Å². The lowest BCUT2D eigenvalue weighted by Gasteiger charge is -2.26. The summed E-state index contributed by atoms with van der Waals surface area (Å²) >= 11 is 1.84. The molecule has 0 atom stereocenters. The van der Waals surface area contributed by atoms with E-state index >= 15 is 0 Å². The van der Waals surface area contributed by atoms with Crippen LogP contribution >= 0.6 is 11.8 Å². The molecule has 1 amide bonds. The number of ether oxygens (including phenoxy) is 2. The maximum Gasteiger partial charge on any atom is 0.273 e. The molecule has 0 saturated carbocycles. The molecule has 4 aromatic carbocycles. The Morgan fingerprint density at radius 3 is 2.39 bits per heavy atom. The molecule has 0 bridgehead atoms. The summed E-state index contributed by atoms with van der Waals surface area (Å²) in [5.74, 6) is 2.69. The summed E-state index contributed by atoms with van der Waals surface area (Å²) in [6, 6.07) is 29.4. The SMILES string of the molecule is COc1ccc(S(=O)(=O)N(Cc2ccccc2)c2ccccc2C(=O)N/N=C\c2cccc(OC3CSC3)c2)cc1. The normalized spacial score (nSPS) is 13.4. The first-order chi connectivity index (χ1) is 19.9. The summed E-state index contributed by atoms with van der Waals surface area (Å²) in [6.07, 6.45) is 1.75. The number of hydrogen-bond acceptors (Lipinski definition) is 7. The number of carbonyl (C=O) groups is 1. The third-order valence-corrected chi connectivity index (χ3v) is 9.37. The molecule has 5 rings (SSSR count). The first kappa shape index (κ1) is 28.3. The van der Waals surface area contributed by atoms with Crippen molar-refractivity contribution in [2.24, 2.45) is 5.10 Å². The Hall–Kier alpha value is -4.28. The van der Waals surface area contributed by atoms with E-state index in [0.717, 1.165) is 28.4 Å². The molecular formula is C31H29N3O5S2. The minimum atomic E-state index is -4.07. The van der Waals surface area contributed by atoms with Gasteiger partial charge in [-0.25, -0.2) is 13.8 Å². The summed E-state index contributed by atoms with van der Waals surface area (Å²) in [6.45, 7) is 0.0229. The van der Waals surface area contributed by atoms with E-state index < -0.39 is 15.9 Å². The van der Waals surface area contributed by atoms with Gasteiger partial charge in [-0.3, -0.25) is 9.10 Å². The molecule has 1 heterocycles. The first-order valence-electron chi connectivity index (χ1n) is 12.9. The molecule has 1 saturated heterocycles. The van der Waals surface area contributed by atoms with E-state index in [-0.39, 0.29) is 28.8 Å². The zero-order chi connectivity index (χ0) is 28.7. The van der Waals surface area contributed by atoms with Gasteiger partial charge in [0.05, 0.1) is 36.0 Å². The van der Waals surface area contributed by atoms with Crippen molar-refractivity contribution in [3.63, 3.8) is 0 Å². The Bertz CT molecular complexity index is 1620. The largest absolute Gasteiger partial charge is 0.497 e. The van der Waals surface area contributed by atoms with E-state index in [4.69, 9.17) is 9.47 Å².